The Kier molecular flexibility index (Phi) is 11.8. The molecule has 1 amide bonds. The van der Waals surface area contributed by atoms with Crippen molar-refractivity contribution < 1.29 is 48.7 Å². The number of thioether (sulfide) groups is 1. The molecule has 0 saturated carbocycles. The van der Waals surface area contributed by atoms with Crippen molar-refractivity contribution in [2.24, 2.45) is 5.14 Å². The van der Waals surface area contributed by atoms with E-state index in [2.05, 4.69) is 15.3 Å². The summed E-state index contributed by atoms with van der Waals surface area (Å²) in [5, 5.41) is 8.15. The van der Waals surface area contributed by atoms with Crippen molar-refractivity contribution >= 4 is 77.7 Å². The van der Waals surface area contributed by atoms with Gasteiger partial charge in [-0.2, -0.15) is 22.5 Å². The van der Waals surface area contributed by atoms with Gasteiger partial charge in [0.15, 0.2) is 17.3 Å². The van der Waals surface area contributed by atoms with Crippen molar-refractivity contribution in [2.75, 3.05) is 74.9 Å². The summed E-state index contributed by atoms with van der Waals surface area (Å²) >= 11 is 6.34. The Balaban J connectivity index is 0.000000206. The van der Waals surface area contributed by atoms with E-state index in [9.17, 15) is 34.8 Å². The van der Waals surface area contributed by atoms with Crippen molar-refractivity contribution in [3.63, 3.8) is 0 Å². The number of hydrogen-bond acceptors (Lipinski definition) is 14. The average molecular weight is 823 g/mol. The van der Waals surface area contributed by atoms with Gasteiger partial charge < -0.3 is 34.7 Å². The Hall–Kier alpha value is -4.22. The number of nitrogens with one attached hydrogen (secondary N) is 1. The fourth-order valence-corrected chi connectivity index (χ4v) is 8.96. The number of nitrogens with zero attached hydrogens (tertiary/aromatic N) is 5. The molecular weight excluding hydrogens is 789 g/mol. The van der Waals surface area contributed by atoms with Crippen molar-refractivity contribution in [3.8, 4) is 11.5 Å². The maximum Gasteiger partial charge on any atom is 0.397 e. The highest BCUT2D eigenvalue weighted by Gasteiger charge is 2.38. The molecule has 4 heterocycles. The molecule has 23 heteroatoms. The van der Waals surface area contributed by atoms with Gasteiger partial charge in [-0.05, 0) is 30.3 Å². The standard InChI is InChI=1S/C19H21N5O4.C11H13ClF3N3O4S3/c1-26-15-10-12-13(11-16(15)27-2)21-19(22-17(12)20)24-7-5-23(6-8-24)18(25)14-4-3-9-28-14;1-18-10(4-23-5-11(13,14)15)17-7-2-6(12)8(24(16,19)20)3-9(7)25(18,21)22/h3-4,9-11H,5-8H2,1-2H3,(H2,20,21,22);2-3,10,17H,4-5H2,1H3,(H2,16,19,20). The highest BCUT2D eigenvalue weighted by molar-refractivity contribution is 7.99. The number of anilines is 3. The first-order valence-electron chi connectivity index (χ1n) is 15.4. The topological polar surface area (TPSA) is 217 Å². The minimum absolute atomic E-state index is 0.00638. The number of furan rings is 1. The zero-order valence-corrected chi connectivity index (χ0v) is 31.5. The van der Waals surface area contributed by atoms with Crippen LogP contribution in [0.2, 0.25) is 5.02 Å². The molecule has 0 radical (unpaired) electrons. The third-order valence-corrected chi connectivity index (χ3v) is 12.5. The van der Waals surface area contributed by atoms with E-state index < -0.39 is 43.0 Å². The Bertz CT molecular complexity index is 2210. The molecule has 6 rings (SSSR count). The van der Waals surface area contributed by atoms with E-state index in [0.717, 1.165) is 16.4 Å². The van der Waals surface area contributed by atoms with Gasteiger partial charge in [0.05, 0.1) is 42.5 Å². The molecule has 1 unspecified atom stereocenters. The number of ether oxygens (including phenoxy) is 2. The lowest BCUT2D eigenvalue weighted by molar-refractivity contribution is -0.105. The highest BCUT2D eigenvalue weighted by atomic mass is 35.5. The van der Waals surface area contributed by atoms with Gasteiger partial charge in [0.25, 0.3) is 5.91 Å². The highest BCUT2D eigenvalue weighted by Crippen LogP contribution is 2.38. The molecule has 2 aliphatic rings. The number of nitrogen functional groups attached to an aromatic ring is 1. The number of hydrogen-bond donors (Lipinski definition) is 3. The van der Waals surface area contributed by atoms with E-state index in [1.165, 1.54) is 13.3 Å². The number of alkyl halides is 3. The van der Waals surface area contributed by atoms with Gasteiger partial charge in [-0.25, -0.2) is 27.0 Å². The van der Waals surface area contributed by atoms with Crippen LogP contribution in [-0.4, -0.2) is 113 Å². The first-order valence-corrected chi connectivity index (χ1v) is 19.9. The van der Waals surface area contributed by atoms with Crippen molar-refractivity contribution in [3.05, 3.63) is 53.4 Å². The fraction of sp³-hybridized carbons (Fsp3) is 0.367. The predicted molar refractivity (Wildman–Crippen MR) is 192 cm³/mol. The number of amides is 1. The SMILES string of the molecule is CN1C(CSCC(F)(F)F)Nc2cc(Cl)c(S(N)(=O)=O)cc2S1(=O)=O.COc1cc2nc(N3CCN(C(=O)c4ccco4)CC3)nc(N)c2cc1OC. The summed E-state index contributed by atoms with van der Waals surface area (Å²) in [7, 11) is -4.07. The van der Waals surface area contributed by atoms with Crippen LogP contribution in [0.15, 0.2) is 56.9 Å². The molecule has 16 nitrogen and oxygen atoms in total. The summed E-state index contributed by atoms with van der Waals surface area (Å²) in [6.07, 6.45) is -3.83. The molecule has 4 aromatic rings. The number of primary sulfonamides is 1. The third-order valence-electron chi connectivity index (χ3n) is 8.10. The van der Waals surface area contributed by atoms with Crippen LogP contribution in [0, 0.1) is 0 Å². The molecule has 1 fully saturated rings. The van der Waals surface area contributed by atoms with Crippen molar-refractivity contribution in [2.45, 2.75) is 22.1 Å². The minimum atomic E-state index is -4.37. The maximum absolute atomic E-state index is 12.5. The number of piperazine rings is 1. The van der Waals surface area contributed by atoms with Crippen LogP contribution < -0.4 is 30.6 Å². The second-order valence-corrected chi connectivity index (χ2v) is 16.5. The lowest BCUT2D eigenvalue weighted by atomic mass is 10.2. The van der Waals surface area contributed by atoms with E-state index in [1.807, 2.05) is 4.90 Å². The lowest BCUT2D eigenvalue weighted by Gasteiger charge is -2.35. The summed E-state index contributed by atoms with van der Waals surface area (Å²) in [6.45, 7) is 2.30. The van der Waals surface area contributed by atoms with Gasteiger partial charge in [0.1, 0.15) is 21.8 Å². The molecular formula is C30H34ClF3N8O8S3. The number of halogens is 4. The number of nitrogens with two attached hydrogens (primary N) is 2. The molecule has 0 spiro atoms. The molecule has 53 heavy (non-hydrogen) atoms. The second-order valence-electron chi connectivity index (χ2n) is 11.5. The van der Waals surface area contributed by atoms with E-state index in [1.54, 1.807) is 43.4 Å². The summed E-state index contributed by atoms with van der Waals surface area (Å²) in [4.78, 5) is 24.3. The first-order chi connectivity index (χ1) is 24.8. The normalized spacial score (nSPS) is 17.4. The fourth-order valence-electron chi connectivity index (χ4n) is 5.38. The largest absolute Gasteiger partial charge is 0.493 e. The number of carbonyl (C=O) groups excluding carboxylic acids is 1. The Morgan fingerprint density at radius 3 is 2.36 bits per heavy atom. The monoisotopic (exact) mass is 822 g/mol. The van der Waals surface area contributed by atoms with Gasteiger partial charge in [-0.15, -0.1) is 11.8 Å². The van der Waals surface area contributed by atoms with E-state index >= 15 is 0 Å². The second kappa shape index (κ2) is 15.6. The average Bonchev–Trinajstić information content (AvgIpc) is 3.64. The van der Waals surface area contributed by atoms with Crippen LogP contribution in [0.25, 0.3) is 10.9 Å². The molecule has 5 N–H and O–H groups in total. The molecule has 1 atom stereocenters. The van der Waals surface area contributed by atoms with Crippen molar-refractivity contribution in [1.29, 1.82) is 0 Å². The molecule has 0 bridgehead atoms. The zero-order valence-electron chi connectivity index (χ0n) is 28.3. The van der Waals surface area contributed by atoms with Crippen LogP contribution in [-0.2, 0) is 20.0 Å². The Labute approximate surface area is 311 Å². The number of sulfonamides is 2. The molecule has 2 aromatic carbocycles. The van der Waals surface area contributed by atoms with Crippen LogP contribution in [0.4, 0.5) is 30.6 Å². The predicted octanol–water partition coefficient (Wildman–Crippen LogP) is 3.44. The van der Waals surface area contributed by atoms with Gasteiger partial charge in [0, 0.05) is 50.4 Å². The van der Waals surface area contributed by atoms with Crippen LogP contribution in [0.1, 0.15) is 10.6 Å². The van der Waals surface area contributed by atoms with Gasteiger partial charge in [-0.3, -0.25) is 4.79 Å². The third kappa shape index (κ3) is 8.95. The van der Waals surface area contributed by atoms with Crippen LogP contribution >= 0.6 is 23.4 Å². The number of rotatable bonds is 8. The first kappa shape index (κ1) is 40.0. The smallest absolute Gasteiger partial charge is 0.397 e. The maximum atomic E-state index is 12.5. The quantitative estimate of drug-likeness (QED) is 0.232. The Morgan fingerprint density at radius 2 is 1.77 bits per heavy atom. The summed E-state index contributed by atoms with van der Waals surface area (Å²) in [6, 6.07) is 8.83. The van der Waals surface area contributed by atoms with E-state index in [-0.39, 0.29) is 27.3 Å². The van der Waals surface area contributed by atoms with Gasteiger partial charge in [0.2, 0.25) is 26.0 Å². The Morgan fingerprint density at radius 1 is 1.11 bits per heavy atom. The number of aromatic nitrogens is 2. The van der Waals surface area contributed by atoms with Gasteiger partial charge in [-0.1, -0.05) is 11.6 Å². The molecule has 1 saturated heterocycles. The number of benzene rings is 2. The van der Waals surface area contributed by atoms with E-state index in [0.29, 0.717) is 77.9 Å². The van der Waals surface area contributed by atoms with Crippen molar-refractivity contribution in [1.82, 2.24) is 19.2 Å². The number of methoxy groups -OCH3 is 2. The molecule has 0 aliphatic carbocycles. The number of fused-ring (bicyclic) bond motifs is 2. The van der Waals surface area contributed by atoms with Crippen LogP contribution in [0.3, 0.4) is 0 Å². The minimum Gasteiger partial charge on any atom is -0.493 e. The molecule has 288 valence electrons. The summed E-state index contributed by atoms with van der Waals surface area (Å²) in [5.74, 6) is 0.981. The van der Waals surface area contributed by atoms with E-state index in [4.69, 9.17) is 36.4 Å². The van der Waals surface area contributed by atoms with Crippen LogP contribution in [0.5, 0.6) is 11.5 Å². The summed E-state index contributed by atoms with van der Waals surface area (Å²) in [5.41, 5.74) is 6.84. The summed E-state index contributed by atoms with van der Waals surface area (Å²) < 4.78 is 101. The zero-order chi connectivity index (χ0) is 38.9. The van der Waals surface area contributed by atoms with Gasteiger partial charge >= 0.3 is 6.18 Å². The molecule has 2 aromatic heterocycles. The molecule has 2 aliphatic heterocycles. The number of carbonyl (C=O) groups is 1. The lowest BCUT2D eigenvalue weighted by Crippen LogP contribution is -2.49.